The molecule has 1 heterocycles. The molecule has 25 heavy (non-hydrogen) atoms. The zero-order valence-corrected chi connectivity index (χ0v) is 17.5. The van der Waals surface area contributed by atoms with Crippen LogP contribution in [0.4, 0.5) is 0 Å². The number of halogens is 1. The van der Waals surface area contributed by atoms with E-state index in [0.717, 1.165) is 30.3 Å². The van der Waals surface area contributed by atoms with Gasteiger partial charge in [0.25, 0.3) is 5.56 Å². The Labute approximate surface area is 160 Å². The normalized spacial score (nSPS) is 21.5. The van der Waals surface area contributed by atoms with Crippen LogP contribution in [0.3, 0.4) is 0 Å². The molecule has 0 unspecified atom stereocenters. The first kappa shape index (κ1) is 20.8. The molecule has 6 heteroatoms. The van der Waals surface area contributed by atoms with Gasteiger partial charge >= 0.3 is 0 Å². The molecule has 0 aromatic carbocycles. The van der Waals surface area contributed by atoms with E-state index in [2.05, 4.69) is 12.0 Å². The number of ether oxygens (including phenoxy) is 1. The fourth-order valence-electron chi connectivity index (χ4n) is 3.16. The summed E-state index contributed by atoms with van der Waals surface area (Å²) < 4.78 is 7.15. The Morgan fingerprint density at radius 3 is 2.52 bits per heavy atom. The molecule has 0 bridgehead atoms. The summed E-state index contributed by atoms with van der Waals surface area (Å²) in [5.74, 6) is 2.41. The first-order chi connectivity index (χ1) is 11.8. The van der Waals surface area contributed by atoms with Crippen molar-refractivity contribution in [2.45, 2.75) is 70.2 Å². The van der Waals surface area contributed by atoms with Crippen molar-refractivity contribution in [2.75, 3.05) is 19.0 Å². The van der Waals surface area contributed by atoms with Crippen molar-refractivity contribution in [1.29, 1.82) is 0 Å². The molecule has 0 aliphatic heterocycles. The van der Waals surface area contributed by atoms with Crippen LogP contribution in [0.2, 0.25) is 5.02 Å². The maximum atomic E-state index is 12.4. The van der Waals surface area contributed by atoms with Gasteiger partial charge in [0.2, 0.25) is 0 Å². The predicted octanol–water partition coefficient (Wildman–Crippen LogP) is 4.98. The van der Waals surface area contributed by atoms with Crippen molar-refractivity contribution in [3.8, 4) is 0 Å². The molecule has 0 amide bonds. The van der Waals surface area contributed by atoms with E-state index in [1.54, 1.807) is 18.0 Å². The van der Waals surface area contributed by atoms with Crippen molar-refractivity contribution in [1.82, 2.24) is 9.78 Å². The van der Waals surface area contributed by atoms with E-state index in [1.807, 2.05) is 20.8 Å². The number of hydrogen-bond acceptors (Lipinski definition) is 4. The van der Waals surface area contributed by atoms with Gasteiger partial charge in [0.15, 0.2) is 0 Å². The summed E-state index contributed by atoms with van der Waals surface area (Å²) in [4.78, 5) is 13.2. The molecular formula is C19H31ClN2O2S. The fraction of sp³-hybridized carbons (Fsp3) is 0.789. The maximum absolute atomic E-state index is 12.4. The molecule has 1 aliphatic rings. The first-order valence-corrected chi connectivity index (χ1v) is 10.7. The minimum Gasteiger partial charge on any atom is -0.381 e. The second-order valence-electron chi connectivity index (χ2n) is 7.98. The number of rotatable bonds is 7. The molecule has 0 radical (unpaired) electrons. The average Bonchev–Trinajstić information content (AvgIpc) is 2.56. The van der Waals surface area contributed by atoms with E-state index in [9.17, 15) is 4.79 Å². The van der Waals surface area contributed by atoms with E-state index >= 15 is 0 Å². The summed E-state index contributed by atoms with van der Waals surface area (Å²) in [7, 11) is 0. The fourth-order valence-corrected chi connectivity index (χ4v) is 4.54. The molecule has 0 N–H and O–H groups in total. The van der Waals surface area contributed by atoms with E-state index in [0.29, 0.717) is 16.9 Å². The zero-order chi connectivity index (χ0) is 18.4. The third kappa shape index (κ3) is 6.00. The number of aromatic nitrogens is 2. The highest BCUT2D eigenvalue weighted by atomic mass is 35.5. The summed E-state index contributed by atoms with van der Waals surface area (Å²) in [6, 6.07) is 0. The van der Waals surface area contributed by atoms with Crippen molar-refractivity contribution in [2.24, 2.45) is 11.8 Å². The van der Waals surface area contributed by atoms with Gasteiger partial charge in [-0.3, -0.25) is 4.79 Å². The Morgan fingerprint density at radius 1 is 1.28 bits per heavy atom. The van der Waals surface area contributed by atoms with E-state index < -0.39 is 0 Å². The van der Waals surface area contributed by atoms with Gasteiger partial charge in [0.05, 0.1) is 16.6 Å². The van der Waals surface area contributed by atoms with Crippen molar-refractivity contribution in [3.05, 3.63) is 21.6 Å². The van der Waals surface area contributed by atoms with Crippen molar-refractivity contribution in [3.63, 3.8) is 0 Å². The third-order valence-corrected chi connectivity index (χ3v) is 6.40. The van der Waals surface area contributed by atoms with Crippen molar-refractivity contribution < 1.29 is 4.74 Å². The lowest BCUT2D eigenvalue weighted by atomic mass is 9.83. The summed E-state index contributed by atoms with van der Waals surface area (Å²) in [6.07, 6.45) is 7.78. The van der Waals surface area contributed by atoms with Gasteiger partial charge in [-0.15, -0.1) is 11.8 Å². The maximum Gasteiger partial charge on any atom is 0.287 e. The predicted molar refractivity (Wildman–Crippen MR) is 106 cm³/mol. The summed E-state index contributed by atoms with van der Waals surface area (Å²) >= 11 is 7.98. The van der Waals surface area contributed by atoms with Gasteiger partial charge in [-0.05, 0) is 64.7 Å². The van der Waals surface area contributed by atoms with Crippen LogP contribution in [0.5, 0.6) is 0 Å². The minimum absolute atomic E-state index is 0.198. The molecule has 1 saturated carbocycles. The lowest BCUT2D eigenvalue weighted by molar-refractivity contribution is 0.0800. The van der Waals surface area contributed by atoms with E-state index in [4.69, 9.17) is 16.3 Å². The molecule has 0 atom stereocenters. The van der Waals surface area contributed by atoms with Crippen LogP contribution in [-0.2, 0) is 10.3 Å². The van der Waals surface area contributed by atoms with Crippen molar-refractivity contribution >= 4 is 23.4 Å². The lowest BCUT2D eigenvalue weighted by Gasteiger charge is -2.28. The SMILES string of the molecule is CCCOCC1CCC(CSc2cnn(C(C)(C)C)c(=O)c2Cl)CC1. The number of nitrogens with zero attached hydrogens (tertiary/aromatic N) is 2. The molecular weight excluding hydrogens is 356 g/mol. The van der Waals surface area contributed by atoms with Gasteiger partial charge in [0, 0.05) is 19.0 Å². The zero-order valence-electron chi connectivity index (χ0n) is 15.9. The Bertz CT molecular complexity index is 604. The van der Waals surface area contributed by atoms with Crippen LogP contribution in [0.25, 0.3) is 0 Å². The highest BCUT2D eigenvalue weighted by Gasteiger charge is 2.23. The average molecular weight is 387 g/mol. The molecule has 1 aromatic rings. The monoisotopic (exact) mass is 386 g/mol. The molecule has 0 saturated heterocycles. The summed E-state index contributed by atoms with van der Waals surface area (Å²) in [6.45, 7) is 9.79. The van der Waals surface area contributed by atoms with Crippen LogP contribution in [0.15, 0.2) is 15.9 Å². The number of hydrogen-bond donors (Lipinski definition) is 0. The Morgan fingerprint density at radius 2 is 1.92 bits per heavy atom. The second kappa shape index (κ2) is 9.43. The molecule has 2 rings (SSSR count). The molecule has 0 spiro atoms. The van der Waals surface area contributed by atoms with Gasteiger partial charge in [-0.2, -0.15) is 5.10 Å². The van der Waals surface area contributed by atoms with Gasteiger partial charge in [0.1, 0.15) is 5.02 Å². The highest BCUT2D eigenvalue weighted by Crippen LogP contribution is 2.34. The molecule has 1 aromatic heterocycles. The van der Waals surface area contributed by atoms with Crippen LogP contribution in [0, 0.1) is 11.8 Å². The van der Waals surface area contributed by atoms with E-state index in [-0.39, 0.29) is 11.1 Å². The largest absolute Gasteiger partial charge is 0.381 e. The highest BCUT2D eigenvalue weighted by molar-refractivity contribution is 7.99. The van der Waals surface area contributed by atoms with Crippen LogP contribution >= 0.6 is 23.4 Å². The van der Waals surface area contributed by atoms with Gasteiger partial charge < -0.3 is 4.74 Å². The topological polar surface area (TPSA) is 44.1 Å². The lowest BCUT2D eigenvalue weighted by Crippen LogP contribution is -2.36. The minimum atomic E-state index is -0.359. The molecule has 4 nitrogen and oxygen atoms in total. The first-order valence-electron chi connectivity index (χ1n) is 9.31. The summed E-state index contributed by atoms with van der Waals surface area (Å²) in [5, 5.41) is 4.61. The smallest absolute Gasteiger partial charge is 0.287 e. The molecule has 142 valence electrons. The number of thioether (sulfide) groups is 1. The second-order valence-corrected chi connectivity index (χ2v) is 9.42. The summed E-state index contributed by atoms with van der Waals surface area (Å²) in [5.41, 5.74) is -0.557. The van der Waals surface area contributed by atoms with Gasteiger partial charge in [-0.1, -0.05) is 18.5 Å². The molecule has 1 aliphatic carbocycles. The third-order valence-electron chi connectivity index (χ3n) is 4.67. The van der Waals surface area contributed by atoms with E-state index in [1.165, 1.54) is 30.4 Å². The quantitative estimate of drug-likeness (QED) is 0.489. The Hall–Kier alpha value is -0.520. The Balaban J connectivity index is 1.85. The Kier molecular flexibility index (Phi) is 7.84. The van der Waals surface area contributed by atoms with Crippen LogP contribution in [0.1, 0.15) is 59.8 Å². The van der Waals surface area contributed by atoms with Crippen LogP contribution in [-0.4, -0.2) is 28.7 Å². The van der Waals surface area contributed by atoms with Crippen LogP contribution < -0.4 is 5.56 Å². The van der Waals surface area contributed by atoms with Gasteiger partial charge in [-0.25, -0.2) is 4.68 Å². The molecule has 1 fully saturated rings. The standard InChI is InChI=1S/C19H31ClN2O2S/c1-5-10-24-12-14-6-8-15(9-7-14)13-25-16-11-21-22(19(2,3)4)18(23)17(16)20/h11,14-15H,5-10,12-13H2,1-4H3.